The molecule has 0 aliphatic heterocycles. The summed E-state index contributed by atoms with van der Waals surface area (Å²) in [7, 11) is 0. The molecule has 0 bridgehead atoms. The minimum atomic E-state index is -1.09. The highest BCUT2D eigenvalue weighted by atomic mass is 32.1. The van der Waals surface area contributed by atoms with Gasteiger partial charge < -0.3 is 14.9 Å². The molecule has 1 amide bonds. The number of amides is 1. The standard InChI is InChI=1S/C15H20N2O3S/c1-4-10(2)11-8-12(20-17-11)14(18)16-9-15(3,19)13-6-5-7-21-13/h5-8,10,19H,4,9H2,1-3H3,(H,16,18). The van der Waals surface area contributed by atoms with Crippen LogP contribution in [0, 0.1) is 0 Å². The Bertz CT molecular complexity index is 590. The molecule has 2 heterocycles. The third-order valence-electron chi connectivity index (χ3n) is 3.51. The van der Waals surface area contributed by atoms with E-state index in [1.54, 1.807) is 13.0 Å². The first-order valence-corrected chi connectivity index (χ1v) is 7.83. The zero-order valence-electron chi connectivity index (χ0n) is 12.4. The van der Waals surface area contributed by atoms with Gasteiger partial charge in [-0.25, -0.2) is 0 Å². The van der Waals surface area contributed by atoms with E-state index in [2.05, 4.69) is 17.4 Å². The fraction of sp³-hybridized carbons (Fsp3) is 0.467. The average Bonchev–Trinajstić information content (AvgIpc) is 3.14. The molecule has 0 saturated heterocycles. The second kappa shape index (κ2) is 6.41. The van der Waals surface area contributed by atoms with Crippen LogP contribution in [0.3, 0.4) is 0 Å². The third kappa shape index (κ3) is 3.71. The summed E-state index contributed by atoms with van der Waals surface area (Å²) in [4.78, 5) is 12.8. The molecule has 21 heavy (non-hydrogen) atoms. The minimum Gasteiger partial charge on any atom is -0.383 e. The van der Waals surface area contributed by atoms with E-state index in [0.29, 0.717) is 0 Å². The SMILES string of the molecule is CCC(C)c1cc(C(=O)NCC(C)(O)c2cccs2)on1. The predicted octanol–water partition coefficient (Wildman–Crippen LogP) is 2.89. The number of carbonyl (C=O) groups excluding carboxylic acids is 1. The molecule has 2 rings (SSSR count). The number of carbonyl (C=O) groups is 1. The molecule has 0 fully saturated rings. The van der Waals surface area contributed by atoms with Crippen LogP contribution >= 0.6 is 11.3 Å². The molecule has 2 atom stereocenters. The lowest BCUT2D eigenvalue weighted by Gasteiger charge is -2.21. The molecule has 2 aromatic heterocycles. The molecule has 0 aliphatic carbocycles. The van der Waals surface area contributed by atoms with E-state index in [-0.39, 0.29) is 24.1 Å². The lowest BCUT2D eigenvalue weighted by atomic mass is 10.0. The first kappa shape index (κ1) is 15.7. The summed E-state index contributed by atoms with van der Waals surface area (Å²) >= 11 is 1.45. The van der Waals surface area contributed by atoms with E-state index in [1.807, 2.05) is 24.4 Å². The van der Waals surface area contributed by atoms with Crippen molar-refractivity contribution in [2.75, 3.05) is 6.54 Å². The molecule has 0 radical (unpaired) electrons. The summed E-state index contributed by atoms with van der Waals surface area (Å²) in [6, 6.07) is 5.36. The molecule has 5 nitrogen and oxygen atoms in total. The number of rotatable bonds is 6. The van der Waals surface area contributed by atoms with Crippen LogP contribution in [-0.4, -0.2) is 22.7 Å². The fourth-order valence-electron chi connectivity index (χ4n) is 1.85. The van der Waals surface area contributed by atoms with E-state index in [9.17, 15) is 9.90 Å². The summed E-state index contributed by atoms with van der Waals surface area (Å²) in [6.07, 6.45) is 0.931. The Kier molecular flexibility index (Phi) is 4.80. The molecular weight excluding hydrogens is 288 g/mol. The highest BCUT2D eigenvalue weighted by Crippen LogP contribution is 2.24. The van der Waals surface area contributed by atoms with Crippen molar-refractivity contribution in [2.45, 2.75) is 38.7 Å². The largest absolute Gasteiger partial charge is 0.383 e. The summed E-state index contributed by atoms with van der Waals surface area (Å²) in [5.74, 6) is 0.0608. The number of nitrogens with zero attached hydrogens (tertiary/aromatic N) is 1. The first-order chi connectivity index (χ1) is 9.94. The van der Waals surface area contributed by atoms with Crippen molar-refractivity contribution in [3.05, 3.63) is 39.9 Å². The van der Waals surface area contributed by atoms with Crippen LogP contribution in [-0.2, 0) is 5.60 Å². The number of aromatic nitrogens is 1. The van der Waals surface area contributed by atoms with E-state index < -0.39 is 5.60 Å². The van der Waals surface area contributed by atoms with Gasteiger partial charge in [0.15, 0.2) is 0 Å². The topological polar surface area (TPSA) is 75.4 Å². The Morgan fingerprint density at radius 1 is 1.62 bits per heavy atom. The summed E-state index contributed by atoms with van der Waals surface area (Å²) in [5.41, 5.74) is -0.323. The maximum atomic E-state index is 12.0. The van der Waals surface area contributed by atoms with Gasteiger partial charge in [-0.05, 0) is 24.8 Å². The second-order valence-corrected chi connectivity index (χ2v) is 6.31. The maximum Gasteiger partial charge on any atom is 0.290 e. The van der Waals surface area contributed by atoms with Gasteiger partial charge in [-0.15, -0.1) is 11.3 Å². The van der Waals surface area contributed by atoms with Crippen molar-refractivity contribution in [3.63, 3.8) is 0 Å². The molecular formula is C15H20N2O3S. The fourth-order valence-corrected chi connectivity index (χ4v) is 2.64. The van der Waals surface area contributed by atoms with E-state index in [1.165, 1.54) is 11.3 Å². The predicted molar refractivity (Wildman–Crippen MR) is 81.4 cm³/mol. The van der Waals surface area contributed by atoms with Gasteiger partial charge in [0.2, 0.25) is 5.76 Å². The molecule has 0 aliphatic rings. The number of hydrogen-bond donors (Lipinski definition) is 2. The van der Waals surface area contributed by atoms with Crippen LogP contribution in [0.4, 0.5) is 0 Å². The lowest BCUT2D eigenvalue weighted by Crippen LogP contribution is -2.37. The summed E-state index contributed by atoms with van der Waals surface area (Å²) in [6.45, 7) is 5.87. The molecule has 2 N–H and O–H groups in total. The van der Waals surface area contributed by atoms with Crippen molar-refractivity contribution in [2.24, 2.45) is 0 Å². The molecule has 6 heteroatoms. The van der Waals surface area contributed by atoms with Gasteiger partial charge in [0.05, 0.1) is 12.2 Å². The molecule has 2 unspecified atom stereocenters. The van der Waals surface area contributed by atoms with Gasteiger partial charge in [-0.2, -0.15) is 0 Å². The highest BCUT2D eigenvalue weighted by molar-refractivity contribution is 7.10. The molecule has 0 spiro atoms. The van der Waals surface area contributed by atoms with Crippen molar-refractivity contribution in [1.82, 2.24) is 10.5 Å². The van der Waals surface area contributed by atoms with Gasteiger partial charge in [-0.1, -0.05) is 25.1 Å². The van der Waals surface area contributed by atoms with Crippen LogP contribution in [0.25, 0.3) is 0 Å². The van der Waals surface area contributed by atoms with E-state index in [4.69, 9.17) is 4.52 Å². The minimum absolute atomic E-state index is 0.117. The van der Waals surface area contributed by atoms with Crippen molar-refractivity contribution < 1.29 is 14.4 Å². The zero-order valence-corrected chi connectivity index (χ0v) is 13.2. The van der Waals surface area contributed by atoms with Crippen LogP contribution in [0.2, 0.25) is 0 Å². The number of thiophene rings is 1. The molecule has 0 aromatic carbocycles. The third-order valence-corrected chi connectivity index (χ3v) is 4.64. The van der Waals surface area contributed by atoms with Gasteiger partial charge in [0.1, 0.15) is 5.60 Å². The van der Waals surface area contributed by atoms with Gasteiger partial charge in [0.25, 0.3) is 5.91 Å². The number of hydrogen-bond acceptors (Lipinski definition) is 5. The summed E-state index contributed by atoms with van der Waals surface area (Å²) < 4.78 is 5.06. The molecule has 114 valence electrons. The van der Waals surface area contributed by atoms with Gasteiger partial charge in [0, 0.05) is 16.9 Å². The van der Waals surface area contributed by atoms with Crippen molar-refractivity contribution >= 4 is 17.2 Å². The summed E-state index contributed by atoms with van der Waals surface area (Å²) in [5, 5.41) is 18.8. The van der Waals surface area contributed by atoms with Crippen molar-refractivity contribution in [3.8, 4) is 0 Å². The quantitative estimate of drug-likeness (QED) is 0.860. The highest BCUT2D eigenvalue weighted by Gasteiger charge is 2.26. The van der Waals surface area contributed by atoms with Crippen molar-refractivity contribution in [1.29, 1.82) is 0 Å². The Hall–Kier alpha value is -1.66. The average molecular weight is 308 g/mol. The number of aliphatic hydroxyl groups is 1. The van der Waals surface area contributed by atoms with Crippen LogP contribution in [0.15, 0.2) is 28.1 Å². The van der Waals surface area contributed by atoms with Gasteiger partial charge in [-0.3, -0.25) is 4.79 Å². The smallest absolute Gasteiger partial charge is 0.290 e. The first-order valence-electron chi connectivity index (χ1n) is 6.95. The zero-order chi connectivity index (χ0) is 15.5. The van der Waals surface area contributed by atoms with E-state index >= 15 is 0 Å². The molecule has 2 aromatic rings. The monoisotopic (exact) mass is 308 g/mol. The second-order valence-electron chi connectivity index (χ2n) is 5.36. The Morgan fingerprint density at radius 2 is 2.38 bits per heavy atom. The number of nitrogens with one attached hydrogen (secondary N) is 1. The van der Waals surface area contributed by atoms with E-state index in [0.717, 1.165) is 17.0 Å². The van der Waals surface area contributed by atoms with Crippen LogP contribution < -0.4 is 5.32 Å². The van der Waals surface area contributed by atoms with Crippen LogP contribution in [0.1, 0.15) is 54.2 Å². The Balaban J connectivity index is 1.97. The Morgan fingerprint density at radius 3 is 3.00 bits per heavy atom. The normalized spacial score (nSPS) is 15.4. The molecule has 0 saturated carbocycles. The van der Waals surface area contributed by atoms with Crippen LogP contribution in [0.5, 0.6) is 0 Å². The lowest BCUT2D eigenvalue weighted by molar-refractivity contribution is 0.0545. The Labute approximate surface area is 128 Å². The maximum absolute atomic E-state index is 12.0. The van der Waals surface area contributed by atoms with Gasteiger partial charge >= 0.3 is 0 Å².